The first-order chi connectivity index (χ1) is 13.9. The molecule has 3 N–H and O–H groups in total. The fourth-order valence-corrected chi connectivity index (χ4v) is 2.80. The molecule has 0 atom stereocenters. The molecule has 1 aliphatic heterocycles. The van der Waals surface area contributed by atoms with Crippen molar-refractivity contribution in [1.82, 2.24) is 10.2 Å². The Labute approximate surface area is 167 Å². The van der Waals surface area contributed by atoms with Crippen LogP contribution in [0.2, 0.25) is 0 Å². The number of urea groups is 1. The van der Waals surface area contributed by atoms with Gasteiger partial charge in [-0.3, -0.25) is 14.5 Å². The first-order valence-corrected chi connectivity index (χ1v) is 8.86. The minimum Gasteiger partial charge on any atom is -0.493 e. The number of carbonyl (C=O) groups excluding carboxylic acids is 3. The molecule has 2 aromatic rings. The van der Waals surface area contributed by atoms with Gasteiger partial charge in [0, 0.05) is 0 Å². The summed E-state index contributed by atoms with van der Waals surface area (Å²) in [5.41, 5.74) is 7.82. The van der Waals surface area contributed by atoms with E-state index in [0.29, 0.717) is 17.1 Å². The number of hydrogen-bond donors (Lipinski definition) is 2. The van der Waals surface area contributed by atoms with Crippen molar-refractivity contribution >= 4 is 23.9 Å². The van der Waals surface area contributed by atoms with E-state index in [-0.39, 0.29) is 18.8 Å². The molecule has 1 aliphatic rings. The van der Waals surface area contributed by atoms with Gasteiger partial charge in [0.25, 0.3) is 11.8 Å². The lowest BCUT2D eigenvalue weighted by molar-refractivity contribution is -0.123. The topological polar surface area (TPSA) is 111 Å². The number of imide groups is 1. The first kappa shape index (κ1) is 19.9. The average Bonchev–Trinajstić information content (AvgIpc) is 2.95. The lowest BCUT2D eigenvalue weighted by atomic mass is 10.1. The van der Waals surface area contributed by atoms with Crippen LogP contribution in [0.1, 0.15) is 16.7 Å². The van der Waals surface area contributed by atoms with Gasteiger partial charge in [0.1, 0.15) is 5.70 Å². The molecule has 1 fully saturated rings. The highest BCUT2D eigenvalue weighted by Crippen LogP contribution is 2.29. The zero-order valence-corrected chi connectivity index (χ0v) is 16.1. The van der Waals surface area contributed by atoms with Crippen molar-refractivity contribution in [3.63, 3.8) is 0 Å². The number of amides is 4. The van der Waals surface area contributed by atoms with Crippen LogP contribution in [0.5, 0.6) is 11.5 Å². The van der Waals surface area contributed by atoms with E-state index in [1.807, 2.05) is 31.2 Å². The number of primary amides is 1. The van der Waals surface area contributed by atoms with Gasteiger partial charge in [-0.05, 0) is 36.3 Å². The van der Waals surface area contributed by atoms with E-state index in [4.69, 9.17) is 15.2 Å². The van der Waals surface area contributed by atoms with Gasteiger partial charge in [-0.1, -0.05) is 35.9 Å². The summed E-state index contributed by atoms with van der Waals surface area (Å²) in [6, 6.07) is 12.0. The Hall–Kier alpha value is -3.81. The molecule has 0 aromatic heterocycles. The first-order valence-electron chi connectivity index (χ1n) is 8.86. The van der Waals surface area contributed by atoms with E-state index in [1.54, 1.807) is 24.3 Å². The Morgan fingerprint density at radius 3 is 2.52 bits per heavy atom. The van der Waals surface area contributed by atoms with Crippen LogP contribution in [0.25, 0.3) is 6.08 Å². The summed E-state index contributed by atoms with van der Waals surface area (Å²) in [5.74, 6) is -0.306. The molecule has 1 heterocycles. The maximum absolute atomic E-state index is 12.7. The number of benzene rings is 2. The molecule has 3 rings (SSSR count). The predicted octanol–water partition coefficient (Wildman–Crippen LogP) is 1.96. The van der Waals surface area contributed by atoms with Crippen molar-refractivity contribution in [3.05, 3.63) is 64.9 Å². The zero-order chi connectivity index (χ0) is 21.0. The van der Waals surface area contributed by atoms with Gasteiger partial charge in [-0.25, -0.2) is 4.79 Å². The second-order valence-corrected chi connectivity index (χ2v) is 6.53. The zero-order valence-electron chi connectivity index (χ0n) is 16.1. The van der Waals surface area contributed by atoms with E-state index < -0.39 is 17.8 Å². The highest BCUT2D eigenvalue weighted by Gasteiger charge is 2.33. The van der Waals surface area contributed by atoms with Crippen LogP contribution in [-0.4, -0.2) is 36.5 Å². The van der Waals surface area contributed by atoms with Crippen molar-refractivity contribution in [2.75, 3.05) is 13.7 Å². The Balaban J connectivity index is 1.78. The van der Waals surface area contributed by atoms with E-state index in [2.05, 4.69) is 5.32 Å². The van der Waals surface area contributed by atoms with E-state index in [9.17, 15) is 14.4 Å². The van der Waals surface area contributed by atoms with Crippen molar-refractivity contribution in [1.29, 1.82) is 0 Å². The van der Waals surface area contributed by atoms with E-state index >= 15 is 0 Å². The fourth-order valence-electron chi connectivity index (χ4n) is 2.80. The van der Waals surface area contributed by atoms with Gasteiger partial charge in [0.2, 0.25) is 0 Å². The lowest BCUT2D eigenvalue weighted by Crippen LogP contribution is -2.30. The quantitative estimate of drug-likeness (QED) is 0.550. The van der Waals surface area contributed by atoms with Crippen LogP contribution < -0.4 is 20.5 Å². The second kappa shape index (κ2) is 8.47. The van der Waals surface area contributed by atoms with Gasteiger partial charge in [0.15, 0.2) is 18.1 Å². The Kier molecular flexibility index (Phi) is 5.82. The Morgan fingerprint density at radius 2 is 1.86 bits per heavy atom. The average molecular weight is 395 g/mol. The molecule has 8 nitrogen and oxygen atoms in total. The third-order valence-electron chi connectivity index (χ3n) is 4.29. The molecular formula is C21H21N3O5. The molecule has 8 heteroatoms. The number of hydrogen-bond acceptors (Lipinski definition) is 5. The van der Waals surface area contributed by atoms with Crippen LogP contribution in [-0.2, 0) is 16.1 Å². The molecule has 150 valence electrons. The van der Waals surface area contributed by atoms with E-state index in [1.165, 1.54) is 7.11 Å². The smallest absolute Gasteiger partial charge is 0.329 e. The number of methoxy groups -OCH3 is 1. The maximum Gasteiger partial charge on any atom is 0.329 e. The molecule has 0 spiro atoms. The third-order valence-corrected chi connectivity index (χ3v) is 4.29. The molecule has 0 aliphatic carbocycles. The number of rotatable bonds is 7. The van der Waals surface area contributed by atoms with Crippen LogP contribution in [0.4, 0.5) is 4.79 Å². The van der Waals surface area contributed by atoms with Gasteiger partial charge in [0.05, 0.1) is 13.7 Å². The van der Waals surface area contributed by atoms with E-state index in [0.717, 1.165) is 16.0 Å². The monoisotopic (exact) mass is 395 g/mol. The predicted molar refractivity (Wildman–Crippen MR) is 106 cm³/mol. The van der Waals surface area contributed by atoms with Crippen LogP contribution in [0.3, 0.4) is 0 Å². The summed E-state index contributed by atoms with van der Waals surface area (Å²) >= 11 is 0. The van der Waals surface area contributed by atoms with Gasteiger partial charge < -0.3 is 20.5 Å². The normalized spacial score (nSPS) is 14.8. The number of nitrogens with one attached hydrogen (secondary N) is 1. The molecule has 0 unspecified atom stereocenters. The lowest BCUT2D eigenvalue weighted by Gasteiger charge is -2.12. The molecule has 0 saturated carbocycles. The third kappa shape index (κ3) is 4.73. The minimum atomic E-state index is -0.605. The van der Waals surface area contributed by atoms with Crippen molar-refractivity contribution < 1.29 is 23.9 Å². The Bertz CT molecular complexity index is 982. The number of aryl methyl sites for hydroxylation is 1. The summed E-state index contributed by atoms with van der Waals surface area (Å²) in [6.45, 7) is 1.88. The number of ether oxygens (including phenoxy) is 2. The number of carbonyl (C=O) groups is 3. The maximum atomic E-state index is 12.7. The number of nitrogens with two attached hydrogens (primary N) is 1. The molecule has 0 bridgehead atoms. The number of nitrogens with zero attached hydrogens (tertiary/aromatic N) is 1. The molecular weight excluding hydrogens is 374 g/mol. The summed E-state index contributed by atoms with van der Waals surface area (Å²) in [6.07, 6.45) is 1.55. The van der Waals surface area contributed by atoms with Gasteiger partial charge >= 0.3 is 6.03 Å². The second-order valence-electron chi connectivity index (χ2n) is 6.53. The molecule has 4 amide bonds. The largest absolute Gasteiger partial charge is 0.493 e. The van der Waals surface area contributed by atoms with Crippen molar-refractivity contribution in [2.24, 2.45) is 5.73 Å². The summed E-state index contributed by atoms with van der Waals surface area (Å²) in [4.78, 5) is 36.9. The van der Waals surface area contributed by atoms with Crippen LogP contribution in [0, 0.1) is 6.92 Å². The molecule has 1 saturated heterocycles. The summed E-state index contributed by atoms with van der Waals surface area (Å²) in [5, 5.41) is 2.59. The highest BCUT2D eigenvalue weighted by atomic mass is 16.5. The van der Waals surface area contributed by atoms with Crippen LogP contribution >= 0.6 is 0 Å². The standard InChI is InChI=1S/C21H21N3O5/c1-13-3-5-14(6-4-13)11-24-20(26)16(23-21(24)27)9-15-7-8-17(18(10-15)28-2)29-12-19(22)25/h3-10H,11-12H2,1-2H3,(H2,22,25)(H,23,27). The summed E-state index contributed by atoms with van der Waals surface area (Å²) < 4.78 is 10.5. The molecule has 29 heavy (non-hydrogen) atoms. The SMILES string of the molecule is COc1cc(C=C2NC(=O)N(Cc3ccc(C)cc3)C2=O)ccc1OCC(N)=O. The fraction of sp³-hybridized carbons (Fsp3) is 0.190. The van der Waals surface area contributed by atoms with Crippen molar-refractivity contribution in [3.8, 4) is 11.5 Å². The van der Waals surface area contributed by atoms with Gasteiger partial charge in [-0.15, -0.1) is 0 Å². The summed E-state index contributed by atoms with van der Waals surface area (Å²) in [7, 11) is 1.45. The minimum absolute atomic E-state index is 0.162. The highest BCUT2D eigenvalue weighted by molar-refractivity contribution is 6.13. The Morgan fingerprint density at radius 1 is 1.14 bits per heavy atom. The van der Waals surface area contributed by atoms with Crippen molar-refractivity contribution in [2.45, 2.75) is 13.5 Å². The molecule has 0 radical (unpaired) electrons. The van der Waals surface area contributed by atoms with Crippen LogP contribution in [0.15, 0.2) is 48.2 Å². The van der Waals surface area contributed by atoms with Gasteiger partial charge in [-0.2, -0.15) is 0 Å². The molecule has 2 aromatic carbocycles.